The van der Waals surface area contributed by atoms with Crippen molar-refractivity contribution < 1.29 is 67.2 Å². The van der Waals surface area contributed by atoms with Crippen LogP contribution in [0.2, 0.25) is 0 Å². The summed E-state index contributed by atoms with van der Waals surface area (Å²) in [6.07, 6.45) is -3.10. The molecule has 0 aliphatic carbocycles. The number of aromatic nitrogens is 2. The van der Waals surface area contributed by atoms with Gasteiger partial charge in [0.05, 0.1) is 22.7 Å². The molecule has 8 nitrogen and oxygen atoms in total. The minimum Gasteiger partial charge on any atom is -1.00 e. The Balaban J connectivity index is 0.00000267. The summed E-state index contributed by atoms with van der Waals surface area (Å²) in [7, 11) is -4.28. The molecule has 0 amide bonds. The van der Waals surface area contributed by atoms with Crippen LogP contribution in [0.5, 0.6) is 5.75 Å². The van der Waals surface area contributed by atoms with Gasteiger partial charge in [0.15, 0.2) is 5.82 Å². The third-order valence-electron chi connectivity index (χ3n) is 5.50. The second-order valence-electron chi connectivity index (χ2n) is 8.44. The number of benzene rings is 2. The van der Waals surface area contributed by atoms with E-state index in [4.69, 9.17) is 0 Å². The molecule has 0 bridgehead atoms. The maximum Gasteiger partial charge on any atom is 1.00 e. The number of rotatable bonds is 8. The summed E-state index contributed by atoms with van der Waals surface area (Å²) in [5.74, 6) is -1.64. The number of alkyl halides is 3. The average Bonchev–Trinajstić information content (AvgIpc) is 3.22. The molecule has 2 aromatic carbocycles. The summed E-state index contributed by atoms with van der Waals surface area (Å²) >= 11 is 0. The van der Waals surface area contributed by atoms with E-state index in [0.29, 0.717) is 16.9 Å². The summed E-state index contributed by atoms with van der Waals surface area (Å²) in [5.41, 5.74) is 1.42. The van der Waals surface area contributed by atoms with E-state index in [1.54, 1.807) is 28.8 Å². The van der Waals surface area contributed by atoms with E-state index in [9.17, 15) is 31.5 Å². The Kier molecular flexibility index (Phi) is 8.82. The minimum atomic E-state index is -4.86. The SMILES string of the molecule is CC(C)c1c(N(Cc2ccc(OC(F)(F)F)cc2)S(=O)(=O)c2ccc(C(=O)O)cc2)nc2ccccn12.[H-].[Na+]. The Hall–Kier alpha value is -3.06. The molecule has 0 aliphatic rings. The summed E-state index contributed by atoms with van der Waals surface area (Å²) in [5, 5.41) is 9.18. The maximum absolute atomic E-state index is 13.9. The molecule has 0 atom stereocenters. The fourth-order valence-corrected chi connectivity index (χ4v) is 5.27. The summed E-state index contributed by atoms with van der Waals surface area (Å²) in [6.45, 7) is 3.52. The number of aromatic carboxylic acids is 1. The monoisotopic (exact) mass is 557 g/mol. The van der Waals surface area contributed by atoms with Crippen molar-refractivity contribution in [1.29, 1.82) is 0 Å². The van der Waals surface area contributed by atoms with Crippen LogP contribution in [-0.2, 0) is 16.6 Å². The molecule has 0 unspecified atom stereocenters. The van der Waals surface area contributed by atoms with Gasteiger partial charge < -0.3 is 15.7 Å². The van der Waals surface area contributed by atoms with E-state index in [0.717, 1.165) is 16.4 Å². The Bertz CT molecular complexity index is 1540. The van der Waals surface area contributed by atoms with Crippen molar-refractivity contribution in [3.63, 3.8) is 0 Å². The Morgan fingerprint density at radius 3 is 2.26 bits per heavy atom. The number of pyridine rings is 1. The molecule has 0 fully saturated rings. The molecule has 0 radical (unpaired) electrons. The zero-order valence-corrected chi connectivity index (χ0v) is 23.5. The van der Waals surface area contributed by atoms with Gasteiger partial charge in [-0.25, -0.2) is 22.5 Å². The Labute approximate surface area is 240 Å². The molecule has 1 N–H and O–H groups in total. The van der Waals surface area contributed by atoms with Gasteiger partial charge >= 0.3 is 41.9 Å². The van der Waals surface area contributed by atoms with Crippen molar-refractivity contribution in [2.45, 2.75) is 37.6 Å². The summed E-state index contributed by atoms with van der Waals surface area (Å²) in [6, 6.07) is 14.9. The molecule has 196 valence electrons. The quantitative estimate of drug-likeness (QED) is 0.335. The largest absolute Gasteiger partial charge is 1.00 e. The van der Waals surface area contributed by atoms with E-state index in [1.165, 1.54) is 36.4 Å². The van der Waals surface area contributed by atoms with E-state index in [1.807, 2.05) is 13.8 Å². The van der Waals surface area contributed by atoms with Crippen LogP contribution in [0.3, 0.4) is 0 Å². The number of hydrogen-bond donors (Lipinski definition) is 1. The van der Waals surface area contributed by atoms with Crippen LogP contribution in [0.4, 0.5) is 19.0 Å². The number of anilines is 1. The number of ether oxygens (including phenoxy) is 1. The van der Waals surface area contributed by atoms with E-state index in [-0.39, 0.29) is 59.7 Å². The number of carboxylic acids is 1. The number of imidazole rings is 1. The van der Waals surface area contributed by atoms with Gasteiger partial charge in [0.25, 0.3) is 10.0 Å². The van der Waals surface area contributed by atoms with Crippen LogP contribution < -0.4 is 38.6 Å². The van der Waals surface area contributed by atoms with Crippen LogP contribution in [-0.4, -0.2) is 35.2 Å². The van der Waals surface area contributed by atoms with Crippen LogP contribution >= 0.6 is 0 Å². The van der Waals surface area contributed by atoms with Gasteiger partial charge in [-0.05, 0) is 60.0 Å². The molecule has 0 saturated carbocycles. The Morgan fingerprint density at radius 2 is 1.71 bits per heavy atom. The minimum absolute atomic E-state index is 0. The molecular formula is C25H23F3N3NaO5S. The van der Waals surface area contributed by atoms with Crippen molar-refractivity contribution in [2.24, 2.45) is 0 Å². The van der Waals surface area contributed by atoms with Crippen molar-refractivity contribution in [1.82, 2.24) is 9.38 Å². The zero-order valence-electron chi connectivity index (χ0n) is 21.7. The normalized spacial score (nSPS) is 11.8. The van der Waals surface area contributed by atoms with Gasteiger partial charge in [0, 0.05) is 6.20 Å². The first-order chi connectivity index (χ1) is 17.4. The van der Waals surface area contributed by atoms with Crippen molar-refractivity contribution in [2.75, 3.05) is 4.31 Å². The number of carbonyl (C=O) groups is 1. The van der Waals surface area contributed by atoms with Gasteiger partial charge in [-0.3, -0.25) is 0 Å². The Morgan fingerprint density at radius 1 is 1.08 bits per heavy atom. The molecule has 2 aromatic heterocycles. The van der Waals surface area contributed by atoms with E-state index in [2.05, 4.69) is 9.72 Å². The maximum atomic E-state index is 13.9. The zero-order chi connectivity index (χ0) is 27.0. The van der Waals surface area contributed by atoms with E-state index >= 15 is 0 Å². The predicted octanol–water partition coefficient (Wildman–Crippen LogP) is 2.57. The van der Waals surface area contributed by atoms with Gasteiger partial charge in [-0.1, -0.05) is 32.0 Å². The van der Waals surface area contributed by atoms with Crippen molar-refractivity contribution in [3.8, 4) is 5.75 Å². The fourth-order valence-electron chi connectivity index (χ4n) is 3.86. The second kappa shape index (κ2) is 11.4. The van der Waals surface area contributed by atoms with E-state index < -0.39 is 28.1 Å². The van der Waals surface area contributed by atoms with Gasteiger partial charge in [0.1, 0.15) is 11.4 Å². The summed E-state index contributed by atoms with van der Waals surface area (Å²) in [4.78, 5) is 15.6. The van der Waals surface area contributed by atoms with Crippen LogP contribution in [0.1, 0.15) is 42.8 Å². The molecule has 0 spiro atoms. The van der Waals surface area contributed by atoms with Crippen molar-refractivity contribution >= 4 is 27.5 Å². The standard InChI is InChI=1S/C25H22F3N3O5S.Na.H/c1-16(2)22-23(29-21-5-3-4-14-30(21)22)31(15-17-6-10-19(11-7-17)36-25(26,27)28)37(34,35)20-12-8-18(9-13-20)24(32)33;;/h3-14,16H,15H2,1-2H3,(H,32,33);;/q;+1;-1. The average molecular weight is 558 g/mol. The van der Waals surface area contributed by atoms with Crippen molar-refractivity contribution in [3.05, 3.63) is 89.7 Å². The van der Waals surface area contributed by atoms with Gasteiger partial charge in [-0.15, -0.1) is 13.2 Å². The molecule has 38 heavy (non-hydrogen) atoms. The molecule has 2 heterocycles. The van der Waals surface area contributed by atoms with Crippen LogP contribution in [0, 0.1) is 0 Å². The fraction of sp³-hybridized carbons (Fsp3) is 0.200. The molecule has 0 saturated heterocycles. The molecule has 4 rings (SSSR count). The van der Waals surface area contributed by atoms with Crippen LogP contribution in [0.25, 0.3) is 5.65 Å². The number of carboxylic acid groups (broad SMARTS) is 1. The second-order valence-corrected chi connectivity index (χ2v) is 10.3. The first-order valence-electron chi connectivity index (χ1n) is 11.0. The predicted molar refractivity (Wildman–Crippen MR) is 130 cm³/mol. The number of sulfonamides is 1. The van der Waals surface area contributed by atoms with Gasteiger partial charge in [-0.2, -0.15) is 0 Å². The molecule has 0 aliphatic heterocycles. The van der Waals surface area contributed by atoms with Crippen LogP contribution in [0.15, 0.2) is 77.8 Å². The number of nitrogens with zero attached hydrogens (tertiary/aromatic N) is 3. The third-order valence-corrected chi connectivity index (χ3v) is 7.25. The number of fused-ring (bicyclic) bond motifs is 1. The van der Waals surface area contributed by atoms with Gasteiger partial charge in [0.2, 0.25) is 0 Å². The summed E-state index contributed by atoms with van der Waals surface area (Å²) < 4.78 is 72.2. The smallest absolute Gasteiger partial charge is 1.00 e. The molecule has 13 heteroatoms. The topological polar surface area (TPSA) is 101 Å². The first-order valence-corrected chi connectivity index (χ1v) is 12.5. The third kappa shape index (κ3) is 6.32. The first kappa shape index (κ1) is 29.5. The molecular weight excluding hydrogens is 534 g/mol. The molecule has 4 aromatic rings. The number of halogens is 3. The number of hydrogen-bond acceptors (Lipinski definition) is 5.